The molecule has 146 valence electrons. The number of hydrogen-bond donors (Lipinski definition) is 0. The maximum absolute atomic E-state index is 13.1. The van der Waals surface area contributed by atoms with Gasteiger partial charge in [0.05, 0.1) is 14.2 Å². The van der Waals surface area contributed by atoms with Gasteiger partial charge in [-0.15, -0.1) is 0 Å². The topological polar surface area (TPSA) is 59.1 Å². The van der Waals surface area contributed by atoms with Gasteiger partial charge in [-0.3, -0.25) is 9.59 Å². The maximum atomic E-state index is 13.1. The van der Waals surface area contributed by atoms with E-state index >= 15 is 0 Å². The van der Waals surface area contributed by atoms with E-state index in [2.05, 4.69) is 0 Å². The van der Waals surface area contributed by atoms with E-state index in [0.717, 1.165) is 17.5 Å². The van der Waals surface area contributed by atoms with Crippen molar-refractivity contribution in [2.24, 2.45) is 0 Å². The molecule has 6 nitrogen and oxygen atoms in total. The van der Waals surface area contributed by atoms with Gasteiger partial charge in [0.1, 0.15) is 6.04 Å². The molecular formula is C22H24N2O4. The number of ether oxygens (including phenoxy) is 2. The Labute approximate surface area is 164 Å². The van der Waals surface area contributed by atoms with Crippen molar-refractivity contribution in [1.29, 1.82) is 0 Å². The highest BCUT2D eigenvalue weighted by Crippen LogP contribution is 2.34. The van der Waals surface area contributed by atoms with E-state index in [0.29, 0.717) is 36.7 Å². The second kappa shape index (κ2) is 7.19. The van der Waals surface area contributed by atoms with Crippen LogP contribution in [0.1, 0.15) is 34.0 Å². The molecule has 2 aliphatic heterocycles. The zero-order valence-electron chi connectivity index (χ0n) is 16.4. The molecule has 0 aromatic heterocycles. The van der Waals surface area contributed by atoms with Crippen molar-refractivity contribution in [2.75, 3.05) is 20.8 Å². The Hall–Kier alpha value is -3.02. The fourth-order valence-corrected chi connectivity index (χ4v) is 4.06. The smallest absolute Gasteiger partial charge is 0.255 e. The molecule has 1 atom stereocenters. The molecule has 2 heterocycles. The quantitative estimate of drug-likeness (QED) is 0.818. The molecule has 6 heteroatoms. The van der Waals surface area contributed by atoms with Gasteiger partial charge >= 0.3 is 0 Å². The van der Waals surface area contributed by atoms with E-state index < -0.39 is 6.04 Å². The molecule has 0 saturated carbocycles. The number of nitrogens with zero attached hydrogens (tertiary/aromatic N) is 2. The van der Waals surface area contributed by atoms with Crippen LogP contribution in [0, 0.1) is 0 Å². The Morgan fingerprint density at radius 1 is 1.00 bits per heavy atom. The number of amides is 2. The van der Waals surface area contributed by atoms with Crippen LogP contribution in [0.3, 0.4) is 0 Å². The summed E-state index contributed by atoms with van der Waals surface area (Å²) in [6.45, 7) is 3.43. The van der Waals surface area contributed by atoms with Crippen molar-refractivity contribution >= 4 is 11.8 Å². The van der Waals surface area contributed by atoms with Crippen molar-refractivity contribution in [3.8, 4) is 11.5 Å². The van der Waals surface area contributed by atoms with Crippen molar-refractivity contribution in [3.63, 3.8) is 0 Å². The largest absolute Gasteiger partial charge is 0.493 e. The van der Waals surface area contributed by atoms with E-state index in [1.54, 1.807) is 19.1 Å². The number of benzene rings is 2. The minimum atomic E-state index is -0.499. The normalized spacial score (nSPS) is 16.5. The Morgan fingerprint density at radius 3 is 2.36 bits per heavy atom. The van der Waals surface area contributed by atoms with E-state index in [4.69, 9.17) is 9.47 Å². The van der Waals surface area contributed by atoms with E-state index in [9.17, 15) is 9.59 Å². The van der Waals surface area contributed by atoms with E-state index in [1.807, 2.05) is 48.2 Å². The van der Waals surface area contributed by atoms with Crippen molar-refractivity contribution in [2.45, 2.75) is 32.5 Å². The first-order chi connectivity index (χ1) is 13.5. The molecule has 2 amide bonds. The molecule has 0 radical (unpaired) electrons. The molecular weight excluding hydrogens is 356 g/mol. The van der Waals surface area contributed by atoms with Gasteiger partial charge in [0, 0.05) is 25.2 Å². The number of hydrogen-bond acceptors (Lipinski definition) is 4. The molecule has 0 N–H and O–H groups in total. The minimum Gasteiger partial charge on any atom is -0.493 e. The summed E-state index contributed by atoms with van der Waals surface area (Å²) < 4.78 is 10.8. The lowest BCUT2D eigenvalue weighted by Gasteiger charge is -2.34. The first-order valence-corrected chi connectivity index (χ1v) is 9.45. The number of methoxy groups -OCH3 is 2. The summed E-state index contributed by atoms with van der Waals surface area (Å²) in [5, 5.41) is 0. The number of rotatable bonds is 4. The second-order valence-corrected chi connectivity index (χ2v) is 7.25. The third kappa shape index (κ3) is 2.99. The summed E-state index contributed by atoms with van der Waals surface area (Å²) in [6.07, 6.45) is 0.752. The predicted molar refractivity (Wildman–Crippen MR) is 104 cm³/mol. The van der Waals surface area contributed by atoms with Crippen LogP contribution in [-0.4, -0.2) is 48.4 Å². The molecule has 2 aromatic rings. The van der Waals surface area contributed by atoms with Gasteiger partial charge in [-0.1, -0.05) is 18.2 Å². The van der Waals surface area contributed by atoms with Gasteiger partial charge in [0.2, 0.25) is 5.91 Å². The fraction of sp³-hybridized carbons (Fsp3) is 0.364. The monoisotopic (exact) mass is 380 g/mol. The molecule has 4 rings (SSSR count). The van der Waals surface area contributed by atoms with Crippen LogP contribution in [0.4, 0.5) is 0 Å². The SMILES string of the molecule is COc1cc2c(cc1OC)CN(C(=O)C(C)N1Cc3ccccc3C1=O)CC2. The van der Waals surface area contributed by atoms with Crippen LogP contribution in [0.15, 0.2) is 36.4 Å². The summed E-state index contributed by atoms with van der Waals surface area (Å²) >= 11 is 0. The molecule has 0 fully saturated rings. The van der Waals surface area contributed by atoms with Gasteiger partial charge in [-0.25, -0.2) is 0 Å². The summed E-state index contributed by atoms with van der Waals surface area (Å²) in [7, 11) is 3.23. The highest BCUT2D eigenvalue weighted by molar-refractivity contribution is 6.01. The fourth-order valence-electron chi connectivity index (χ4n) is 4.06. The number of carbonyl (C=O) groups excluding carboxylic acids is 2. The first kappa shape index (κ1) is 18.3. The summed E-state index contributed by atoms with van der Waals surface area (Å²) in [5.74, 6) is 1.27. The Kier molecular flexibility index (Phi) is 4.71. The average Bonchev–Trinajstić information content (AvgIpc) is 3.07. The van der Waals surface area contributed by atoms with Gasteiger partial charge in [-0.05, 0) is 48.2 Å². The third-order valence-corrected chi connectivity index (χ3v) is 5.70. The number of carbonyl (C=O) groups is 2. The van der Waals surface area contributed by atoms with Gasteiger partial charge in [0.15, 0.2) is 11.5 Å². The van der Waals surface area contributed by atoms with Crippen molar-refractivity contribution in [3.05, 3.63) is 58.7 Å². The first-order valence-electron chi connectivity index (χ1n) is 9.45. The lowest BCUT2D eigenvalue weighted by Crippen LogP contribution is -2.48. The zero-order valence-corrected chi connectivity index (χ0v) is 16.4. The Morgan fingerprint density at radius 2 is 1.68 bits per heavy atom. The Bertz CT molecular complexity index is 940. The zero-order chi connectivity index (χ0) is 19.8. The molecule has 0 bridgehead atoms. The van der Waals surface area contributed by atoms with Gasteiger partial charge in [-0.2, -0.15) is 0 Å². The van der Waals surface area contributed by atoms with Crippen LogP contribution in [0.25, 0.3) is 0 Å². The lowest BCUT2D eigenvalue weighted by atomic mass is 9.98. The number of fused-ring (bicyclic) bond motifs is 2. The molecule has 0 aliphatic carbocycles. The Balaban J connectivity index is 1.52. The average molecular weight is 380 g/mol. The standard InChI is InChI=1S/C22H24N2O4/c1-14(24-13-16-6-4-5-7-18(16)22(24)26)21(25)23-9-8-15-10-19(27-2)20(28-3)11-17(15)12-23/h4-7,10-11,14H,8-9,12-13H2,1-3H3. The minimum absolute atomic E-state index is 0.0263. The summed E-state index contributed by atoms with van der Waals surface area (Å²) in [5.41, 5.74) is 3.90. The van der Waals surface area contributed by atoms with Crippen molar-refractivity contribution in [1.82, 2.24) is 9.80 Å². The third-order valence-electron chi connectivity index (χ3n) is 5.70. The lowest BCUT2D eigenvalue weighted by molar-refractivity contribution is -0.136. The van der Waals surface area contributed by atoms with E-state index in [-0.39, 0.29) is 11.8 Å². The molecule has 0 saturated heterocycles. The highest BCUT2D eigenvalue weighted by atomic mass is 16.5. The molecule has 28 heavy (non-hydrogen) atoms. The molecule has 2 aliphatic rings. The van der Waals surface area contributed by atoms with Gasteiger partial charge < -0.3 is 19.3 Å². The second-order valence-electron chi connectivity index (χ2n) is 7.25. The van der Waals surface area contributed by atoms with Gasteiger partial charge in [0.25, 0.3) is 5.91 Å². The molecule has 2 aromatic carbocycles. The van der Waals surface area contributed by atoms with Crippen LogP contribution < -0.4 is 9.47 Å². The summed E-state index contributed by atoms with van der Waals surface area (Å²) in [4.78, 5) is 29.3. The highest BCUT2D eigenvalue weighted by Gasteiger charge is 2.36. The predicted octanol–water partition coefficient (Wildman–Crippen LogP) is 2.63. The molecule has 0 spiro atoms. The maximum Gasteiger partial charge on any atom is 0.255 e. The van der Waals surface area contributed by atoms with Crippen LogP contribution >= 0.6 is 0 Å². The van der Waals surface area contributed by atoms with E-state index in [1.165, 1.54) is 5.56 Å². The van der Waals surface area contributed by atoms with Crippen LogP contribution in [0.5, 0.6) is 11.5 Å². The molecule has 1 unspecified atom stereocenters. The van der Waals surface area contributed by atoms with Crippen LogP contribution in [-0.2, 0) is 24.3 Å². The van der Waals surface area contributed by atoms with Crippen LogP contribution in [0.2, 0.25) is 0 Å². The summed E-state index contributed by atoms with van der Waals surface area (Å²) in [6, 6.07) is 11.0. The van der Waals surface area contributed by atoms with Crippen molar-refractivity contribution < 1.29 is 19.1 Å².